The summed E-state index contributed by atoms with van der Waals surface area (Å²) in [6.45, 7) is 1.55. The summed E-state index contributed by atoms with van der Waals surface area (Å²) >= 11 is 0. The van der Waals surface area contributed by atoms with Crippen LogP contribution in [0, 0.1) is 6.92 Å². The maximum Gasteiger partial charge on any atom is 0.251 e. The number of hydrogen-bond acceptors (Lipinski definition) is 2. The van der Waals surface area contributed by atoms with Gasteiger partial charge in [-0.2, -0.15) is 0 Å². The molecule has 1 rings (SSSR count). The first-order valence-corrected chi connectivity index (χ1v) is 3.11. The summed E-state index contributed by atoms with van der Waals surface area (Å²) in [6.07, 6.45) is 1.40. The second-order valence-corrected chi connectivity index (χ2v) is 2.21. The van der Waals surface area contributed by atoms with E-state index in [2.05, 4.69) is 4.98 Å². The minimum Gasteiger partial charge on any atom is -0.366 e. The van der Waals surface area contributed by atoms with Gasteiger partial charge in [0.2, 0.25) is 5.91 Å². The van der Waals surface area contributed by atoms with Crippen LogP contribution in [-0.4, -0.2) is 10.9 Å². The molecule has 0 aliphatic heterocycles. The Morgan fingerprint density at radius 1 is 1.64 bits per heavy atom. The van der Waals surface area contributed by atoms with E-state index in [0.29, 0.717) is 5.56 Å². The predicted molar refractivity (Wildman–Crippen MR) is 40.3 cm³/mol. The second-order valence-electron chi connectivity index (χ2n) is 2.21. The normalized spacial score (nSPS) is 9.55. The van der Waals surface area contributed by atoms with Crippen LogP contribution in [0.5, 0.6) is 0 Å². The van der Waals surface area contributed by atoms with Gasteiger partial charge in [-0.05, 0) is 13.0 Å². The fourth-order valence-corrected chi connectivity index (χ4v) is 0.823. The van der Waals surface area contributed by atoms with Crippen molar-refractivity contribution in [3.63, 3.8) is 0 Å². The molecule has 11 heavy (non-hydrogen) atoms. The first kappa shape index (κ1) is 7.53. The lowest BCUT2D eigenvalue weighted by atomic mass is 10.1. The molecule has 0 aromatic carbocycles. The molecule has 3 N–H and O–H groups in total. The Labute approximate surface area is 63.0 Å². The van der Waals surface area contributed by atoms with Crippen molar-refractivity contribution in [2.75, 3.05) is 0 Å². The third kappa shape index (κ3) is 1.29. The number of H-pyrrole nitrogens is 1. The van der Waals surface area contributed by atoms with Crippen molar-refractivity contribution in [3.05, 3.63) is 33.7 Å². The molecule has 0 radical (unpaired) electrons. The molecule has 0 atom stereocenters. The molecule has 0 spiro atoms. The molecule has 4 nitrogen and oxygen atoms in total. The molecule has 1 aromatic rings. The van der Waals surface area contributed by atoms with Gasteiger partial charge in [0.1, 0.15) is 0 Å². The molecule has 1 heterocycles. The zero-order valence-corrected chi connectivity index (χ0v) is 6.05. The van der Waals surface area contributed by atoms with Crippen molar-refractivity contribution in [1.82, 2.24) is 4.98 Å². The second kappa shape index (κ2) is 2.57. The van der Waals surface area contributed by atoms with E-state index >= 15 is 0 Å². The predicted octanol–water partition coefficient (Wildman–Crippen LogP) is -0.218. The van der Waals surface area contributed by atoms with Crippen molar-refractivity contribution in [2.24, 2.45) is 5.73 Å². The highest BCUT2D eigenvalue weighted by atomic mass is 16.1. The van der Waals surface area contributed by atoms with E-state index in [1.165, 1.54) is 12.3 Å². The van der Waals surface area contributed by atoms with E-state index in [-0.39, 0.29) is 11.1 Å². The average Bonchev–Trinajstić information content (AvgIpc) is 1.94. The van der Waals surface area contributed by atoms with Gasteiger partial charge in [0, 0.05) is 17.3 Å². The van der Waals surface area contributed by atoms with E-state index < -0.39 is 5.91 Å². The first-order chi connectivity index (χ1) is 5.13. The smallest absolute Gasteiger partial charge is 0.251 e. The maximum absolute atomic E-state index is 10.9. The number of carbonyl (C=O) groups excluding carboxylic acids is 1. The largest absolute Gasteiger partial charge is 0.366 e. The van der Waals surface area contributed by atoms with Crippen LogP contribution >= 0.6 is 0 Å². The molecule has 0 aliphatic rings. The number of carbonyl (C=O) groups is 1. The van der Waals surface area contributed by atoms with Crippen LogP contribution in [-0.2, 0) is 0 Å². The van der Waals surface area contributed by atoms with Crippen LogP contribution < -0.4 is 11.3 Å². The SMILES string of the molecule is Cc1c(C(N)=O)cc[nH]c1=O. The summed E-state index contributed by atoms with van der Waals surface area (Å²) < 4.78 is 0. The van der Waals surface area contributed by atoms with E-state index in [0.717, 1.165) is 0 Å². The molecule has 0 saturated carbocycles. The Hall–Kier alpha value is -1.58. The van der Waals surface area contributed by atoms with Crippen molar-refractivity contribution < 1.29 is 4.79 Å². The highest BCUT2D eigenvalue weighted by molar-refractivity contribution is 5.93. The van der Waals surface area contributed by atoms with Gasteiger partial charge in [-0.15, -0.1) is 0 Å². The summed E-state index contributed by atoms with van der Waals surface area (Å²) in [5, 5.41) is 0. The highest BCUT2D eigenvalue weighted by Crippen LogP contribution is 1.97. The molecule has 1 amide bonds. The van der Waals surface area contributed by atoms with E-state index in [9.17, 15) is 9.59 Å². The minimum atomic E-state index is -0.575. The van der Waals surface area contributed by atoms with Gasteiger partial charge in [0.05, 0.1) is 0 Å². The van der Waals surface area contributed by atoms with Gasteiger partial charge in [-0.3, -0.25) is 9.59 Å². The van der Waals surface area contributed by atoms with Crippen LogP contribution in [0.2, 0.25) is 0 Å². The molecule has 0 fully saturated rings. The van der Waals surface area contributed by atoms with Gasteiger partial charge in [-0.1, -0.05) is 0 Å². The Morgan fingerprint density at radius 3 is 2.73 bits per heavy atom. The third-order valence-electron chi connectivity index (χ3n) is 1.47. The zero-order valence-electron chi connectivity index (χ0n) is 6.05. The maximum atomic E-state index is 10.9. The molecule has 0 bridgehead atoms. The number of aromatic nitrogens is 1. The number of aromatic amines is 1. The first-order valence-electron chi connectivity index (χ1n) is 3.11. The standard InChI is InChI=1S/C7H8N2O2/c1-4-5(6(8)10)2-3-9-7(4)11/h2-3H,1H3,(H2,8,10)(H,9,11). The van der Waals surface area contributed by atoms with E-state index in [1.54, 1.807) is 6.92 Å². The summed E-state index contributed by atoms with van der Waals surface area (Å²) in [7, 11) is 0. The molecule has 0 aliphatic carbocycles. The van der Waals surface area contributed by atoms with Gasteiger partial charge in [-0.25, -0.2) is 0 Å². The van der Waals surface area contributed by atoms with Crippen molar-refractivity contribution in [2.45, 2.75) is 6.92 Å². The summed E-state index contributed by atoms with van der Waals surface area (Å²) in [5.74, 6) is -0.575. The molecule has 0 saturated heterocycles. The van der Waals surface area contributed by atoms with Crippen molar-refractivity contribution in [1.29, 1.82) is 0 Å². The van der Waals surface area contributed by atoms with E-state index in [4.69, 9.17) is 5.73 Å². The summed E-state index contributed by atoms with van der Waals surface area (Å²) in [6, 6.07) is 1.49. The number of rotatable bonds is 1. The zero-order chi connectivity index (χ0) is 8.43. The Balaban J connectivity index is 3.39. The molecule has 0 unspecified atom stereocenters. The van der Waals surface area contributed by atoms with Gasteiger partial charge in [0.25, 0.3) is 5.56 Å². The monoisotopic (exact) mass is 152 g/mol. The average molecular weight is 152 g/mol. The number of nitrogens with two attached hydrogens (primary N) is 1. The minimum absolute atomic E-state index is 0.272. The third-order valence-corrected chi connectivity index (χ3v) is 1.47. The van der Waals surface area contributed by atoms with Crippen LogP contribution in [0.3, 0.4) is 0 Å². The van der Waals surface area contributed by atoms with Crippen molar-refractivity contribution in [3.8, 4) is 0 Å². The summed E-state index contributed by atoms with van der Waals surface area (Å²) in [5.41, 5.74) is 5.35. The molecule has 1 aromatic heterocycles. The molecule has 58 valence electrons. The lowest BCUT2D eigenvalue weighted by Crippen LogP contribution is -2.19. The lowest BCUT2D eigenvalue weighted by molar-refractivity contribution is 0.0999. The number of amides is 1. The lowest BCUT2D eigenvalue weighted by Gasteiger charge is -1.96. The number of hydrogen-bond donors (Lipinski definition) is 2. The molecular weight excluding hydrogens is 144 g/mol. The quantitative estimate of drug-likeness (QED) is 0.583. The topological polar surface area (TPSA) is 76.0 Å². The van der Waals surface area contributed by atoms with Crippen LogP contribution in [0.25, 0.3) is 0 Å². The Kier molecular flexibility index (Phi) is 1.76. The van der Waals surface area contributed by atoms with Crippen LogP contribution in [0.4, 0.5) is 0 Å². The number of pyridine rings is 1. The highest BCUT2D eigenvalue weighted by Gasteiger charge is 2.05. The van der Waals surface area contributed by atoms with Crippen LogP contribution in [0.15, 0.2) is 17.1 Å². The molecular formula is C7H8N2O2. The molecule has 4 heteroatoms. The number of primary amides is 1. The van der Waals surface area contributed by atoms with Gasteiger partial charge < -0.3 is 10.7 Å². The van der Waals surface area contributed by atoms with Crippen LogP contribution in [0.1, 0.15) is 15.9 Å². The Morgan fingerprint density at radius 2 is 2.27 bits per heavy atom. The van der Waals surface area contributed by atoms with Gasteiger partial charge in [0.15, 0.2) is 0 Å². The Bertz CT molecular complexity index is 341. The van der Waals surface area contributed by atoms with E-state index in [1.807, 2.05) is 0 Å². The fourth-order valence-electron chi connectivity index (χ4n) is 0.823. The van der Waals surface area contributed by atoms with Crippen molar-refractivity contribution >= 4 is 5.91 Å². The summed E-state index contributed by atoms with van der Waals surface area (Å²) in [4.78, 5) is 24.0. The van der Waals surface area contributed by atoms with Gasteiger partial charge >= 0.3 is 0 Å². The number of nitrogens with one attached hydrogen (secondary N) is 1. The fraction of sp³-hybridized carbons (Fsp3) is 0.143.